The third kappa shape index (κ3) is 1.80. The van der Waals surface area contributed by atoms with Gasteiger partial charge in [-0.15, -0.1) is 0 Å². The van der Waals surface area contributed by atoms with E-state index in [4.69, 9.17) is 5.73 Å². The van der Waals surface area contributed by atoms with Crippen LogP contribution in [0.1, 0.15) is 27.2 Å². The first-order valence-electron chi connectivity index (χ1n) is 4.83. The summed E-state index contributed by atoms with van der Waals surface area (Å²) in [6.07, 6.45) is 1.65. The Balaban J connectivity index is 2.75. The van der Waals surface area contributed by atoms with Crippen molar-refractivity contribution in [1.82, 2.24) is 4.90 Å². The Bertz CT molecular complexity index is 263. The van der Waals surface area contributed by atoms with E-state index in [-0.39, 0.29) is 5.91 Å². The minimum Gasteiger partial charge on any atom is -0.369 e. The Morgan fingerprint density at radius 1 is 1.57 bits per heavy atom. The van der Waals surface area contributed by atoms with Gasteiger partial charge in [-0.3, -0.25) is 9.69 Å². The van der Waals surface area contributed by atoms with Crippen molar-refractivity contribution in [3.8, 4) is 0 Å². The van der Waals surface area contributed by atoms with E-state index in [1.54, 1.807) is 0 Å². The maximum Gasteiger partial charge on any atom is 0.224 e. The van der Waals surface area contributed by atoms with Crippen LogP contribution in [0.4, 0.5) is 0 Å². The first-order chi connectivity index (χ1) is 6.32. The number of amides is 1. The molecule has 1 saturated heterocycles. The van der Waals surface area contributed by atoms with Crippen molar-refractivity contribution in [1.29, 1.82) is 0 Å². The van der Waals surface area contributed by atoms with Crippen molar-refractivity contribution in [2.75, 3.05) is 13.1 Å². The van der Waals surface area contributed by atoms with Crippen LogP contribution in [0.3, 0.4) is 0 Å². The van der Waals surface area contributed by atoms with Crippen LogP contribution in [0, 0.1) is 5.41 Å². The topological polar surface area (TPSA) is 63.4 Å². The van der Waals surface area contributed by atoms with Crippen LogP contribution in [-0.4, -0.2) is 35.7 Å². The summed E-state index contributed by atoms with van der Waals surface area (Å²) >= 11 is 0. The Hall–Kier alpha value is -0.900. The van der Waals surface area contributed by atoms with E-state index in [1.807, 2.05) is 25.7 Å². The average Bonchev–Trinajstić information content (AvgIpc) is 2.50. The summed E-state index contributed by atoms with van der Waals surface area (Å²) in [5.41, 5.74) is 4.36. The first kappa shape index (κ1) is 11.2. The highest BCUT2D eigenvalue weighted by molar-refractivity contribution is 5.81. The number of likely N-dealkylation sites (tertiary alicyclic amines) is 1. The van der Waals surface area contributed by atoms with Gasteiger partial charge >= 0.3 is 0 Å². The highest BCUT2D eigenvalue weighted by Gasteiger charge is 2.43. The molecule has 1 aliphatic rings. The monoisotopic (exact) mass is 198 g/mol. The lowest BCUT2D eigenvalue weighted by Gasteiger charge is -2.31. The third-order valence-corrected chi connectivity index (χ3v) is 3.17. The Morgan fingerprint density at radius 3 is 2.50 bits per heavy atom. The molecule has 0 aromatic heterocycles. The highest BCUT2D eigenvalue weighted by Crippen LogP contribution is 2.33. The van der Waals surface area contributed by atoms with E-state index >= 15 is 0 Å². The first-order valence-corrected chi connectivity index (χ1v) is 4.83. The number of aldehydes is 1. The third-order valence-electron chi connectivity index (χ3n) is 3.17. The molecule has 1 heterocycles. The molecule has 1 atom stereocenters. The number of rotatable bonds is 3. The van der Waals surface area contributed by atoms with Gasteiger partial charge in [-0.25, -0.2) is 0 Å². The van der Waals surface area contributed by atoms with Gasteiger partial charge in [0.05, 0.1) is 11.0 Å². The average molecular weight is 198 g/mol. The molecule has 0 spiro atoms. The van der Waals surface area contributed by atoms with E-state index in [2.05, 4.69) is 0 Å². The van der Waals surface area contributed by atoms with E-state index in [1.165, 1.54) is 0 Å². The van der Waals surface area contributed by atoms with Crippen LogP contribution < -0.4 is 5.73 Å². The number of hydrogen-bond acceptors (Lipinski definition) is 3. The molecule has 4 nitrogen and oxygen atoms in total. The lowest BCUT2D eigenvalue weighted by atomic mass is 9.89. The Labute approximate surface area is 84.4 Å². The lowest BCUT2D eigenvalue weighted by molar-refractivity contribution is -0.127. The predicted molar refractivity (Wildman–Crippen MR) is 53.6 cm³/mol. The molecule has 4 heteroatoms. The van der Waals surface area contributed by atoms with Crippen LogP contribution in [0.2, 0.25) is 0 Å². The van der Waals surface area contributed by atoms with Crippen LogP contribution >= 0.6 is 0 Å². The molecule has 1 rings (SSSR count). The molecular formula is C10H18N2O2. The summed E-state index contributed by atoms with van der Waals surface area (Å²) in [4.78, 5) is 24.0. The van der Waals surface area contributed by atoms with Crippen molar-refractivity contribution < 1.29 is 9.59 Å². The summed E-state index contributed by atoms with van der Waals surface area (Å²) in [5.74, 6) is -0.276. The SMILES string of the molecule is CC1(C(N)=O)CCN(C(C)(C)C=O)C1. The van der Waals surface area contributed by atoms with E-state index in [0.717, 1.165) is 19.3 Å². The molecule has 2 N–H and O–H groups in total. The largest absolute Gasteiger partial charge is 0.369 e. The van der Waals surface area contributed by atoms with Crippen molar-refractivity contribution in [3.05, 3.63) is 0 Å². The fraction of sp³-hybridized carbons (Fsp3) is 0.800. The molecule has 1 unspecified atom stereocenters. The van der Waals surface area contributed by atoms with Gasteiger partial charge in [-0.1, -0.05) is 0 Å². The van der Waals surface area contributed by atoms with E-state index < -0.39 is 11.0 Å². The molecule has 1 amide bonds. The van der Waals surface area contributed by atoms with Gasteiger partial charge in [0.15, 0.2) is 0 Å². The quantitative estimate of drug-likeness (QED) is 0.657. The zero-order valence-electron chi connectivity index (χ0n) is 9.04. The van der Waals surface area contributed by atoms with Crippen LogP contribution in [0.5, 0.6) is 0 Å². The van der Waals surface area contributed by atoms with Gasteiger partial charge in [0, 0.05) is 13.1 Å². The fourth-order valence-corrected chi connectivity index (χ4v) is 1.73. The number of carbonyl (C=O) groups excluding carboxylic acids is 2. The lowest BCUT2D eigenvalue weighted by Crippen LogP contribution is -2.46. The molecule has 1 aliphatic heterocycles. The second kappa shape index (κ2) is 3.35. The Kier molecular flexibility index (Phi) is 2.67. The minimum atomic E-state index is -0.493. The van der Waals surface area contributed by atoms with Gasteiger partial charge in [-0.05, 0) is 27.2 Å². The van der Waals surface area contributed by atoms with Gasteiger partial charge < -0.3 is 10.5 Å². The standard InChI is InChI=1S/C10H18N2O2/c1-9(2,7-13)12-5-4-10(3,6-12)8(11)14/h7H,4-6H2,1-3H3,(H2,11,14). The summed E-state index contributed by atoms with van der Waals surface area (Å²) in [6.45, 7) is 6.90. The molecular weight excluding hydrogens is 180 g/mol. The zero-order chi connectivity index (χ0) is 11.0. The molecule has 1 fully saturated rings. The molecule has 80 valence electrons. The molecule has 0 bridgehead atoms. The Morgan fingerprint density at radius 2 is 2.14 bits per heavy atom. The summed E-state index contributed by atoms with van der Waals surface area (Å²) < 4.78 is 0. The minimum absolute atomic E-state index is 0.276. The summed E-state index contributed by atoms with van der Waals surface area (Å²) in [6, 6.07) is 0. The van der Waals surface area contributed by atoms with E-state index in [0.29, 0.717) is 6.54 Å². The van der Waals surface area contributed by atoms with Crippen LogP contribution in [0.25, 0.3) is 0 Å². The molecule has 0 aliphatic carbocycles. The van der Waals surface area contributed by atoms with Gasteiger partial charge in [0.2, 0.25) is 5.91 Å². The second-order valence-electron chi connectivity index (χ2n) is 4.87. The number of nitrogens with zero attached hydrogens (tertiary/aromatic N) is 1. The molecule has 0 aromatic rings. The maximum atomic E-state index is 11.2. The maximum absolute atomic E-state index is 11.2. The molecule has 0 radical (unpaired) electrons. The van der Waals surface area contributed by atoms with Gasteiger partial charge in [0.25, 0.3) is 0 Å². The predicted octanol–water partition coefficient (Wildman–Crippen LogP) is 0.161. The molecule has 0 saturated carbocycles. The molecule has 14 heavy (non-hydrogen) atoms. The van der Waals surface area contributed by atoms with Crippen molar-refractivity contribution in [2.45, 2.75) is 32.7 Å². The second-order valence-corrected chi connectivity index (χ2v) is 4.87. The zero-order valence-corrected chi connectivity index (χ0v) is 9.04. The number of carbonyl (C=O) groups is 2. The van der Waals surface area contributed by atoms with Crippen molar-refractivity contribution in [3.63, 3.8) is 0 Å². The highest BCUT2D eigenvalue weighted by atomic mass is 16.1. The number of primary amides is 1. The van der Waals surface area contributed by atoms with E-state index in [9.17, 15) is 9.59 Å². The summed E-state index contributed by atoms with van der Waals surface area (Å²) in [7, 11) is 0. The van der Waals surface area contributed by atoms with Crippen molar-refractivity contribution >= 4 is 12.2 Å². The molecule has 0 aromatic carbocycles. The van der Waals surface area contributed by atoms with Gasteiger partial charge in [-0.2, -0.15) is 0 Å². The number of nitrogens with two attached hydrogens (primary N) is 1. The normalized spacial score (nSPS) is 29.1. The summed E-state index contributed by atoms with van der Waals surface area (Å²) in [5, 5.41) is 0. The smallest absolute Gasteiger partial charge is 0.224 e. The fourth-order valence-electron chi connectivity index (χ4n) is 1.73. The number of hydrogen-bond donors (Lipinski definition) is 1. The van der Waals surface area contributed by atoms with Crippen LogP contribution in [0.15, 0.2) is 0 Å². The van der Waals surface area contributed by atoms with Gasteiger partial charge in [0.1, 0.15) is 6.29 Å². The van der Waals surface area contributed by atoms with Crippen LogP contribution in [-0.2, 0) is 9.59 Å². The van der Waals surface area contributed by atoms with Crippen molar-refractivity contribution in [2.24, 2.45) is 11.1 Å².